The third kappa shape index (κ3) is 3.93. The number of piperidine rings is 1. The summed E-state index contributed by atoms with van der Waals surface area (Å²) in [7, 11) is 0. The molecule has 0 saturated carbocycles. The first-order valence-electron chi connectivity index (χ1n) is 9.00. The third-order valence-corrected chi connectivity index (χ3v) is 5.49. The zero-order valence-electron chi connectivity index (χ0n) is 15.4. The zero-order chi connectivity index (χ0) is 18.0. The highest BCUT2D eigenvalue weighted by atomic mass is 32.1. The average Bonchev–Trinajstić information content (AvgIpc) is 3.25. The van der Waals surface area contributed by atoms with E-state index in [4.69, 9.17) is 0 Å². The van der Waals surface area contributed by atoms with Gasteiger partial charge >= 0.3 is 0 Å². The highest BCUT2D eigenvalue weighted by Crippen LogP contribution is 2.26. The molecule has 1 saturated heterocycles. The molecule has 0 radical (unpaired) electrons. The normalized spacial score (nSPS) is 15.9. The van der Waals surface area contributed by atoms with Gasteiger partial charge in [-0.15, -0.1) is 11.3 Å². The molecule has 2 aromatic heterocycles. The van der Waals surface area contributed by atoms with Gasteiger partial charge in [0.1, 0.15) is 10.7 Å². The lowest BCUT2D eigenvalue weighted by molar-refractivity contribution is 0.0560. The highest BCUT2D eigenvalue weighted by Gasteiger charge is 2.29. The molecule has 0 atom stereocenters. The van der Waals surface area contributed by atoms with Gasteiger partial charge in [-0.05, 0) is 53.6 Å². The van der Waals surface area contributed by atoms with Crippen molar-refractivity contribution in [3.8, 4) is 10.6 Å². The maximum absolute atomic E-state index is 13.1. The summed E-state index contributed by atoms with van der Waals surface area (Å²) in [5.74, 6) is 0.0423. The lowest BCUT2D eigenvalue weighted by atomic mass is 10.0. The number of thiazole rings is 1. The Morgan fingerprint density at radius 3 is 2.64 bits per heavy atom. The molecule has 7 heteroatoms. The van der Waals surface area contributed by atoms with Gasteiger partial charge in [-0.2, -0.15) is 5.10 Å². The van der Waals surface area contributed by atoms with E-state index in [-0.39, 0.29) is 11.9 Å². The lowest BCUT2D eigenvalue weighted by Gasteiger charge is -2.37. The number of aromatic nitrogens is 3. The van der Waals surface area contributed by atoms with Crippen molar-refractivity contribution in [1.29, 1.82) is 0 Å². The van der Waals surface area contributed by atoms with Crippen LogP contribution in [-0.2, 0) is 0 Å². The first-order valence-corrected chi connectivity index (χ1v) is 9.88. The van der Waals surface area contributed by atoms with Gasteiger partial charge in [0.2, 0.25) is 0 Å². The third-order valence-electron chi connectivity index (χ3n) is 4.59. The van der Waals surface area contributed by atoms with Gasteiger partial charge in [-0.3, -0.25) is 9.48 Å². The minimum atomic E-state index is 0.0423. The summed E-state index contributed by atoms with van der Waals surface area (Å²) in [5, 5.41) is 10.5. The van der Waals surface area contributed by atoms with Crippen LogP contribution in [0.3, 0.4) is 0 Å². The van der Waals surface area contributed by atoms with E-state index in [1.165, 1.54) is 11.3 Å². The van der Waals surface area contributed by atoms with Crippen molar-refractivity contribution in [2.24, 2.45) is 0 Å². The summed E-state index contributed by atoms with van der Waals surface area (Å²) < 4.78 is 1.91. The quantitative estimate of drug-likeness (QED) is 0.888. The van der Waals surface area contributed by atoms with Crippen LogP contribution in [0.15, 0.2) is 17.8 Å². The fraction of sp³-hybridized carbons (Fsp3) is 0.611. The summed E-state index contributed by atoms with van der Waals surface area (Å²) in [6, 6.07) is 0.776. The second-order valence-corrected chi connectivity index (χ2v) is 7.99. The molecule has 1 aliphatic rings. The molecule has 0 aliphatic carbocycles. The van der Waals surface area contributed by atoms with Crippen LogP contribution >= 0.6 is 11.3 Å². The largest absolute Gasteiger partial charge is 0.332 e. The molecule has 0 bridgehead atoms. The summed E-state index contributed by atoms with van der Waals surface area (Å²) in [6.07, 6.45) is 5.81. The van der Waals surface area contributed by atoms with Crippen molar-refractivity contribution in [3.05, 3.63) is 23.5 Å². The molecule has 1 fully saturated rings. The maximum atomic E-state index is 13.1. The van der Waals surface area contributed by atoms with Crippen molar-refractivity contribution in [3.63, 3.8) is 0 Å². The lowest BCUT2D eigenvalue weighted by Crippen LogP contribution is -2.49. The molecule has 0 spiro atoms. The molecule has 6 nitrogen and oxygen atoms in total. The van der Waals surface area contributed by atoms with Gasteiger partial charge in [0, 0.05) is 35.3 Å². The Hall–Kier alpha value is -1.73. The molecule has 3 heterocycles. The SMILES string of the molecule is CC(C)N(C(=O)c1csc(-c2cnn(C(C)C)c2)n1)C1CCNCC1. The van der Waals surface area contributed by atoms with Crippen LogP contribution in [0.25, 0.3) is 10.6 Å². The number of carbonyl (C=O) groups is 1. The highest BCUT2D eigenvalue weighted by molar-refractivity contribution is 7.13. The van der Waals surface area contributed by atoms with E-state index in [1.807, 2.05) is 27.4 Å². The van der Waals surface area contributed by atoms with Crippen molar-refractivity contribution < 1.29 is 4.79 Å². The van der Waals surface area contributed by atoms with E-state index in [0.717, 1.165) is 36.5 Å². The fourth-order valence-electron chi connectivity index (χ4n) is 3.27. The Morgan fingerprint density at radius 1 is 1.32 bits per heavy atom. The average molecular weight is 362 g/mol. The first kappa shape index (κ1) is 18.1. The molecular formula is C18H27N5OS. The zero-order valence-corrected chi connectivity index (χ0v) is 16.2. The standard InChI is InChI=1S/C18H27N5OS/c1-12(2)22-10-14(9-20-22)17-21-16(11-25-17)18(24)23(13(3)4)15-5-7-19-8-6-15/h9-13,15,19H,5-8H2,1-4H3. The van der Waals surface area contributed by atoms with Crippen LogP contribution < -0.4 is 5.32 Å². The topological polar surface area (TPSA) is 63.1 Å². The molecular weight excluding hydrogens is 334 g/mol. The first-order chi connectivity index (χ1) is 12.0. The smallest absolute Gasteiger partial charge is 0.273 e. The van der Waals surface area contributed by atoms with E-state index in [1.54, 1.807) is 0 Å². The predicted molar refractivity (Wildman–Crippen MR) is 101 cm³/mol. The number of nitrogens with zero attached hydrogens (tertiary/aromatic N) is 4. The Kier molecular flexibility index (Phi) is 5.54. The van der Waals surface area contributed by atoms with E-state index < -0.39 is 0 Å². The number of hydrogen-bond acceptors (Lipinski definition) is 5. The Labute approximate surface area is 153 Å². The Bertz CT molecular complexity index is 715. The number of rotatable bonds is 5. The van der Waals surface area contributed by atoms with Gasteiger partial charge in [-0.1, -0.05) is 0 Å². The van der Waals surface area contributed by atoms with Crippen LogP contribution in [0.5, 0.6) is 0 Å². The molecule has 1 amide bonds. The fourth-order valence-corrected chi connectivity index (χ4v) is 4.04. The molecule has 1 N–H and O–H groups in total. The van der Waals surface area contributed by atoms with Crippen molar-refractivity contribution in [2.45, 2.75) is 58.7 Å². The minimum Gasteiger partial charge on any atom is -0.332 e. The predicted octanol–water partition coefficient (Wildman–Crippen LogP) is 3.19. The second-order valence-electron chi connectivity index (χ2n) is 7.13. The summed E-state index contributed by atoms with van der Waals surface area (Å²) in [5.41, 5.74) is 1.51. The van der Waals surface area contributed by atoms with Crippen LogP contribution in [0, 0.1) is 0 Å². The number of hydrogen-bond donors (Lipinski definition) is 1. The molecule has 0 aromatic carbocycles. The van der Waals surface area contributed by atoms with Crippen LogP contribution in [0.4, 0.5) is 0 Å². The second kappa shape index (κ2) is 7.66. The molecule has 0 unspecified atom stereocenters. The van der Waals surface area contributed by atoms with Crippen molar-refractivity contribution >= 4 is 17.2 Å². The Balaban J connectivity index is 1.80. The van der Waals surface area contributed by atoms with Gasteiger partial charge in [-0.25, -0.2) is 4.98 Å². The van der Waals surface area contributed by atoms with E-state index in [0.29, 0.717) is 17.8 Å². The van der Waals surface area contributed by atoms with E-state index in [9.17, 15) is 4.79 Å². The van der Waals surface area contributed by atoms with E-state index >= 15 is 0 Å². The molecule has 2 aromatic rings. The minimum absolute atomic E-state index is 0.0423. The summed E-state index contributed by atoms with van der Waals surface area (Å²) in [4.78, 5) is 19.7. The van der Waals surface area contributed by atoms with Gasteiger partial charge in [0.05, 0.1) is 6.20 Å². The Morgan fingerprint density at radius 2 is 2.04 bits per heavy atom. The van der Waals surface area contributed by atoms with Crippen molar-refractivity contribution in [1.82, 2.24) is 25.0 Å². The molecule has 25 heavy (non-hydrogen) atoms. The van der Waals surface area contributed by atoms with Crippen LogP contribution in [0.2, 0.25) is 0 Å². The van der Waals surface area contributed by atoms with Crippen LogP contribution in [-0.4, -0.2) is 50.7 Å². The monoisotopic (exact) mass is 361 g/mol. The van der Waals surface area contributed by atoms with Gasteiger partial charge in [0.25, 0.3) is 5.91 Å². The molecule has 1 aliphatic heterocycles. The van der Waals surface area contributed by atoms with E-state index in [2.05, 4.69) is 43.1 Å². The van der Waals surface area contributed by atoms with Crippen LogP contribution in [0.1, 0.15) is 57.1 Å². The summed E-state index contributed by atoms with van der Waals surface area (Å²) in [6.45, 7) is 10.3. The molecule has 136 valence electrons. The number of amides is 1. The summed E-state index contributed by atoms with van der Waals surface area (Å²) >= 11 is 1.51. The maximum Gasteiger partial charge on any atom is 0.273 e. The number of nitrogens with one attached hydrogen (secondary N) is 1. The number of carbonyl (C=O) groups excluding carboxylic acids is 1. The van der Waals surface area contributed by atoms with Gasteiger partial charge < -0.3 is 10.2 Å². The molecule has 3 rings (SSSR count). The van der Waals surface area contributed by atoms with Crippen molar-refractivity contribution in [2.75, 3.05) is 13.1 Å². The van der Waals surface area contributed by atoms with Gasteiger partial charge in [0.15, 0.2) is 0 Å².